The van der Waals surface area contributed by atoms with Crippen LogP contribution >= 0.6 is 0 Å². The van der Waals surface area contributed by atoms with E-state index in [1.54, 1.807) is 6.20 Å². The maximum atomic E-state index is 4.21. The molecule has 82 valence electrons. The van der Waals surface area contributed by atoms with Crippen LogP contribution in [0.25, 0.3) is 0 Å². The first-order chi connectivity index (χ1) is 7.92. The molecule has 1 aliphatic carbocycles. The van der Waals surface area contributed by atoms with Gasteiger partial charge in [0.15, 0.2) is 0 Å². The molecule has 0 unspecified atom stereocenters. The summed E-state index contributed by atoms with van der Waals surface area (Å²) in [7, 11) is 0. The molecular formula is C13H15N3. The number of nitrogens with one attached hydrogen (secondary N) is 2. The molecule has 3 nitrogen and oxygen atoms in total. The number of hydrogen-bond acceptors (Lipinski definition) is 2. The maximum absolute atomic E-state index is 4.21. The van der Waals surface area contributed by atoms with Crippen LogP contribution in [0.2, 0.25) is 0 Å². The molecule has 3 heteroatoms. The van der Waals surface area contributed by atoms with E-state index in [4.69, 9.17) is 0 Å². The normalized spacial score (nSPS) is 15.2. The van der Waals surface area contributed by atoms with Crippen molar-refractivity contribution in [3.05, 3.63) is 53.6 Å². The van der Waals surface area contributed by atoms with E-state index in [-0.39, 0.29) is 0 Å². The number of hydrogen-bond donors (Lipinski definition) is 2. The SMILES string of the molecule is c1ccc2c(c1)CC(NCc1ncc[nH]1)C2. The third kappa shape index (κ3) is 1.86. The third-order valence-corrected chi connectivity index (χ3v) is 3.16. The van der Waals surface area contributed by atoms with E-state index in [9.17, 15) is 0 Å². The fourth-order valence-corrected chi connectivity index (χ4v) is 2.34. The molecule has 1 aromatic heterocycles. The van der Waals surface area contributed by atoms with Gasteiger partial charge in [-0.3, -0.25) is 0 Å². The van der Waals surface area contributed by atoms with Crippen molar-refractivity contribution in [2.45, 2.75) is 25.4 Å². The van der Waals surface area contributed by atoms with Gasteiger partial charge in [0.2, 0.25) is 0 Å². The summed E-state index contributed by atoms with van der Waals surface area (Å²) < 4.78 is 0. The van der Waals surface area contributed by atoms with Gasteiger partial charge in [-0.15, -0.1) is 0 Å². The van der Waals surface area contributed by atoms with E-state index >= 15 is 0 Å². The fourth-order valence-electron chi connectivity index (χ4n) is 2.34. The Bertz CT molecular complexity index is 437. The molecular weight excluding hydrogens is 198 g/mol. The molecule has 0 radical (unpaired) electrons. The largest absolute Gasteiger partial charge is 0.348 e. The molecule has 0 amide bonds. The van der Waals surface area contributed by atoms with E-state index in [2.05, 4.69) is 39.6 Å². The van der Waals surface area contributed by atoms with Crippen molar-refractivity contribution in [3.8, 4) is 0 Å². The number of aromatic nitrogens is 2. The Kier molecular flexibility index (Phi) is 2.46. The second-order valence-electron chi connectivity index (χ2n) is 4.29. The quantitative estimate of drug-likeness (QED) is 0.814. The van der Waals surface area contributed by atoms with E-state index in [1.165, 1.54) is 11.1 Å². The first-order valence-corrected chi connectivity index (χ1v) is 5.70. The van der Waals surface area contributed by atoms with Gasteiger partial charge in [0.1, 0.15) is 5.82 Å². The summed E-state index contributed by atoms with van der Waals surface area (Å²) >= 11 is 0. The summed E-state index contributed by atoms with van der Waals surface area (Å²) in [5.74, 6) is 1.01. The molecule has 3 rings (SSSR count). The van der Waals surface area contributed by atoms with Crippen molar-refractivity contribution in [1.82, 2.24) is 15.3 Å². The summed E-state index contributed by atoms with van der Waals surface area (Å²) in [4.78, 5) is 7.32. The lowest BCUT2D eigenvalue weighted by Gasteiger charge is -2.09. The van der Waals surface area contributed by atoms with Crippen LogP contribution in [0.5, 0.6) is 0 Å². The molecule has 0 fully saturated rings. The molecule has 0 saturated heterocycles. The summed E-state index contributed by atoms with van der Waals surface area (Å²) in [6, 6.07) is 9.25. The Morgan fingerprint density at radius 3 is 2.62 bits per heavy atom. The molecule has 0 spiro atoms. The number of benzene rings is 1. The molecule has 16 heavy (non-hydrogen) atoms. The van der Waals surface area contributed by atoms with Gasteiger partial charge in [0, 0.05) is 18.4 Å². The molecule has 2 aromatic rings. The van der Waals surface area contributed by atoms with Gasteiger partial charge < -0.3 is 10.3 Å². The minimum absolute atomic E-state index is 0.558. The minimum Gasteiger partial charge on any atom is -0.348 e. The zero-order valence-corrected chi connectivity index (χ0v) is 9.11. The standard InChI is InChI=1S/C13H15N3/c1-2-4-11-8-12(7-10(11)3-1)16-9-13-14-5-6-15-13/h1-6,12,16H,7-9H2,(H,14,15). The summed E-state index contributed by atoms with van der Waals surface area (Å²) in [6.45, 7) is 0.825. The van der Waals surface area contributed by atoms with E-state index < -0.39 is 0 Å². The van der Waals surface area contributed by atoms with Crippen LogP contribution in [0, 0.1) is 0 Å². The maximum Gasteiger partial charge on any atom is 0.120 e. The van der Waals surface area contributed by atoms with E-state index in [0.717, 1.165) is 25.2 Å². The highest BCUT2D eigenvalue weighted by atomic mass is 15.0. The summed E-state index contributed by atoms with van der Waals surface area (Å²) in [5, 5.41) is 3.54. The molecule has 0 atom stereocenters. The van der Waals surface area contributed by atoms with Gasteiger partial charge in [-0.25, -0.2) is 4.98 Å². The van der Waals surface area contributed by atoms with Crippen molar-refractivity contribution in [3.63, 3.8) is 0 Å². The Morgan fingerprint density at radius 2 is 2.00 bits per heavy atom. The fraction of sp³-hybridized carbons (Fsp3) is 0.308. The average Bonchev–Trinajstić information content (AvgIpc) is 2.95. The number of rotatable bonds is 3. The van der Waals surface area contributed by atoms with Crippen LogP contribution in [0.4, 0.5) is 0 Å². The van der Waals surface area contributed by atoms with Crippen LogP contribution in [0.1, 0.15) is 17.0 Å². The van der Waals surface area contributed by atoms with Crippen molar-refractivity contribution in [2.24, 2.45) is 0 Å². The van der Waals surface area contributed by atoms with Crippen LogP contribution in [0.3, 0.4) is 0 Å². The highest BCUT2D eigenvalue weighted by Gasteiger charge is 2.20. The summed E-state index contributed by atoms with van der Waals surface area (Å²) in [6.07, 6.45) is 5.93. The lowest BCUT2D eigenvalue weighted by atomic mass is 10.1. The van der Waals surface area contributed by atoms with E-state index in [0.29, 0.717) is 6.04 Å². The number of nitrogens with zero attached hydrogens (tertiary/aromatic N) is 1. The lowest BCUT2D eigenvalue weighted by molar-refractivity contribution is 0.523. The van der Waals surface area contributed by atoms with Crippen molar-refractivity contribution < 1.29 is 0 Å². The van der Waals surface area contributed by atoms with Gasteiger partial charge in [-0.2, -0.15) is 0 Å². The number of imidazole rings is 1. The summed E-state index contributed by atoms with van der Waals surface area (Å²) in [5.41, 5.74) is 2.97. The zero-order chi connectivity index (χ0) is 10.8. The first-order valence-electron chi connectivity index (χ1n) is 5.70. The third-order valence-electron chi connectivity index (χ3n) is 3.16. The highest BCUT2D eigenvalue weighted by molar-refractivity contribution is 5.33. The number of fused-ring (bicyclic) bond motifs is 1. The monoisotopic (exact) mass is 213 g/mol. The van der Waals surface area contributed by atoms with Crippen LogP contribution in [-0.2, 0) is 19.4 Å². The topological polar surface area (TPSA) is 40.7 Å². The molecule has 0 aliphatic heterocycles. The second kappa shape index (κ2) is 4.10. The molecule has 1 aromatic carbocycles. The average molecular weight is 213 g/mol. The van der Waals surface area contributed by atoms with Gasteiger partial charge in [-0.1, -0.05) is 24.3 Å². The predicted molar refractivity (Wildman–Crippen MR) is 63.1 cm³/mol. The van der Waals surface area contributed by atoms with Gasteiger partial charge >= 0.3 is 0 Å². The van der Waals surface area contributed by atoms with Crippen molar-refractivity contribution >= 4 is 0 Å². The Balaban J connectivity index is 1.60. The van der Waals surface area contributed by atoms with Crippen LogP contribution in [-0.4, -0.2) is 16.0 Å². The number of aromatic amines is 1. The molecule has 0 saturated carbocycles. The van der Waals surface area contributed by atoms with Gasteiger partial charge in [-0.05, 0) is 24.0 Å². The molecule has 1 heterocycles. The zero-order valence-electron chi connectivity index (χ0n) is 9.11. The van der Waals surface area contributed by atoms with Crippen molar-refractivity contribution in [1.29, 1.82) is 0 Å². The Morgan fingerprint density at radius 1 is 1.25 bits per heavy atom. The van der Waals surface area contributed by atoms with Crippen LogP contribution in [0.15, 0.2) is 36.7 Å². The predicted octanol–water partition coefficient (Wildman–Crippen LogP) is 1.67. The first kappa shape index (κ1) is 9.60. The Labute approximate surface area is 94.9 Å². The lowest BCUT2D eigenvalue weighted by Crippen LogP contribution is -2.29. The van der Waals surface area contributed by atoms with Gasteiger partial charge in [0.05, 0.1) is 6.54 Å². The van der Waals surface area contributed by atoms with Crippen LogP contribution < -0.4 is 5.32 Å². The molecule has 1 aliphatic rings. The smallest absolute Gasteiger partial charge is 0.120 e. The second-order valence-corrected chi connectivity index (χ2v) is 4.29. The van der Waals surface area contributed by atoms with E-state index in [1.807, 2.05) is 6.20 Å². The van der Waals surface area contributed by atoms with Crippen molar-refractivity contribution in [2.75, 3.05) is 0 Å². The molecule has 0 bridgehead atoms. The minimum atomic E-state index is 0.558. The Hall–Kier alpha value is -1.61. The molecule has 2 N–H and O–H groups in total. The highest BCUT2D eigenvalue weighted by Crippen LogP contribution is 2.21. The van der Waals surface area contributed by atoms with Gasteiger partial charge in [0.25, 0.3) is 0 Å². The number of H-pyrrole nitrogens is 1.